The largest absolute Gasteiger partial charge is 0.316 e. The highest BCUT2D eigenvalue weighted by Gasteiger charge is 2.00. The van der Waals surface area contributed by atoms with E-state index in [1.807, 2.05) is 24.0 Å². The first-order valence-electron chi connectivity index (χ1n) is 6.94. The van der Waals surface area contributed by atoms with E-state index in [1.165, 1.54) is 29.5 Å². The molecular weight excluding hydrogens is 252 g/mol. The zero-order valence-corrected chi connectivity index (χ0v) is 12.4. The SMILES string of the molecule is CSCCCCNCCc1cccc2cccnc12. The number of thioether (sulfide) groups is 1. The number of nitrogens with one attached hydrogen (secondary N) is 1. The van der Waals surface area contributed by atoms with Gasteiger partial charge in [-0.2, -0.15) is 11.8 Å². The Morgan fingerprint density at radius 3 is 2.89 bits per heavy atom. The van der Waals surface area contributed by atoms with Crippen molar-refractivity contribution >= 4 is 22.7 Å². The fourth-order valence-electron chi connectivity index (χ4n) is 2.21. The number of fused-ring (bicyclic) bond motifs is 1. The summed E-state index contributed by atoms with van der Waals surface area (Å²) in [6.07, 6.45) is 7.68. The molecule has 0 saturated carbocycles. The van der Waals surface area contributed by atoms with Crippen molar-refractivity contribution in [1.82, 2.24) is 10.3 Å². The molecular formula is C16H22N2S. The van der Waals surface area contributed by atoms with Gasteiger partial charge >= 0.3 is 0 Å². The van der Waals surface area contributed by atoms with Gasteiger partial charge in [0.2, 0.25) is 0 Å². The van der Waals surface area contributed by atoms with Crippen molar-refractivity contribution in [3.8, 4) is 0 Å². The molecule has 102 valence electrons. The van der Waals surface area contributed by atoms with E-state index in [0.717, 1.165) is 25.0 Å². The number of aromatic nitrogens is 1. The molecule has 0 amide bonds. The highest BCUT2D eigenvalue weighted by atomic mass is 32.2. The molecule has 0 aliphatic rings. The maximum atomic E-state index is 4.49. The first kappa shape index (κ1) is 14.4. The molecule has 2 nitrogen and oxygen atoms in total. The molecule has 2 aromatic rings. The minimum absolute atomic E-state index is 1.04. The number of pyridine rings is 1. The fourth-order valence-corrected chi connectivity index (χ4v) is 2.71. The Morgan fingerprint density at radius 1 is 1.11 bits per heavy atom. The van der Waals surface area contributed by atoms with Crippen LogP contribution in [0.15, 0.2) is 36.5 Å². The van der Waals surface area contributed by atoms with E-state index in [2.05, 4.69) is 40.8 Å². The van der Waals surface area contributed by atoms with Gasteiger partial charge in [0.15, 0.2) is 0 Å². The molecule has 0 atom stereocenters. The Labute approximate surface area is 120 Å². The summed E-state index contributed by atoms with van der Waals surface area (Å²) in [5.74, 6) is 1.27. The summed E-state index contributed by atoms with van der Waals surface area (Å²) in [5.41, 5.74) is 2.49. The number of para-hydroxylation sites is 1. The van der Waals surface area contributed by atoms with Crippen LogP contribution in [-0.2, 0) is 6.42 Å². The van der Waals surface area contributed by atoms with Gasteiger partial charge in [0.05, 0.1) is 5.52 Å². The van der Waals surface area contributed by atoms with E-state index < -0.39 is 0 Å². The van der Waals surface area contributed by atoms with Crippen LogP contribution >= 0.6 is 11.8 Å². The van der Waals surface area contributed by atoms with Gasteiger partial charge in [-0.25, -0.2) is 0 Å². The Morgan fingerprint density at radius 2 is 2.00 bits per heavy atom. The summed E-state index contributed by atoms with van der Waals surface area (Å²) < 4.78 is 0. The normalized spacial score (nSPS) is 11.0. The number of rotatable bonds is 8. The second kappa shape index (κ2) is 8.18. The fraction of sp³-hybridized carbons (Fsp3) is 0.438. The van der Waals surface area contributed by atoms with E-state index >= 15 is 0 Å². The number of hydrogen-bond acceptors (Lipinski definition) is 3. The standard InChI is InChI=1S/C16H22N2S/c1-19-13-3-2-10-17-12-9-15-7-4-6-14-8-5-11-18-16(14)15/h4-8,11,17H,2-3,9-10,12-13H2,1H3. The van der Waals surface area contributed by atoms with Crippen molar-refractivity contribution < 1.29 is 0 Å². The maximum absolute atomic E-state index is 4.49. The molecule has 1 N–H and O–H groups in total. The third kappa shape index (κ3) is 4.51. The summed E-state index contributed by atoms with van der Waals surface area (Å²) in [5, 5.41) is 4.76. The Balaban J connectivity index is 1.78. The van der Waals surface area contributed by atoms with Gasteiger partial charge < -0.3 is 5.32 Å². The molecule has 0 bridgehead atoms. The van der Waals surface area contributed by atoms with Gasteiger partial charge in [-0.3, -0.25) is 4.98 Å². The van der Waals surface area contributed by atoms with E-state index in [-0.39, 0.29) is 0 Å². The molecule has 0 aliphatic heterocycles. The van der Waals surface area contributed by atoms with Crippen LogP contribution in [0.25, 0.3) is 10.9 Å². The molecule has 0 fully saturated rings. The van der Waals surface area contributed by atoms with Crippen LogP contribution in [0.3, 0.4) is 0 Å². The molecule has 1 aromatic carbocycles. The molecule has 1 heterocycles. The van der Waals surface area contributed by atoms with Crippen LogP contribution in [0.4, 0.5) is 0 Å². The van der Waals surface area contributed by atoms with E-state index in [1.54, 1.807) is 0 Å². The molecule has 0 spiro atoms. The van der Waals surface area contributed by atoms with Crippen LogP contribution in [-0.4, -0.2) is 30.1 Å². The predicted molar refractivity (Wildman–Crippen MR) is 85.9 cm³/mol. The summed E-state index contributed by atoms with van der Waals surface area (Å²) in [4.78, 5) is 4.49. The van der Waals surface area contributed by atoms with Gasteiger partial charge in [-0.05, 0) is 56.0 Å². The van der Waals surface area contributed by atoms with Crippen molar-refractivity contribution in [3.05, 3.63) is 42.1 Å². The summed E-state index contributed by atoms with van der Waals surface area (Å²) in [6, 6.07) is 10.6. The van der Waals surface area contributed by atoms with Gasteiger partial charge in [-0.15, -0.1) is 0 Å². The van der Waals surface area contributed by atoms with Gasteiger partial charge in [0, 0.05) is 11.6 Å². The quantitative estimate of drug-likeness (QED) is 0.746. The molecule has 0 aliphatic carbocycles. The second-order valence-corrected chi connectivity index (χ2v) is 5.68. The van der Waals surface area contributed by atoms with Crippen LogP contribution in [0.1, 0.15) is 18.4 Å². The molecule has 3 heteroatoms. The van der Waals surface area contributed by atoms with Crippen molar-refractivity contribution in [2.45, 2.75) is 19.3 Å². The molecule has 0 saturated heterocycles. The minimum Gasteiger partial charge on any atom is -0.316 e. The second-order valence-electron chi connectivity index (χ2n) is 4.69. The smallest absolute Gasteiger partial charge is 0.0734 e. The lowest BCUT2D eigenvalue weighted by Crippen LogP contribution is -2.18. The number of nitrogens with zero attached hydrogens (tertiary/aromatic N) is 1. The predicted octanol–water partition coefficient (Wildman–Crippen LogP) is 3.51. The summed E-state index contributed by atoms with van der Waals surface area (Å²) >= 11 is 1.93. The minimum atomic E-state index is 1.04. The Bertz CT molecular complexity index is 494. The molecule has 2 rings (SSSR count). The molecule has 0 unspecified atom stereocenters. The van der Waals surface area contributed by atoms with E-state index in [4.69, 9.17) is 0 Å². The highest BCUT2D eigenvalue weighted by Crippen LogP contribution is 2.15. The molecule has 1 aromatic heterocycles. The van der Waals surface area contributed by atoms with Gasteiger partial charge in [0.25, 0.3) is 0 Å². The van der Waals surface area contributed by atoms with Gasteiger partial charge in [-0.1, -0.05) is 24.3 Å². The first-order valence-corrected chi connectivity index (χ1v) is 8.33. The molecule has 19 heavy (non-hydrogen) atoms. The topological polar surface area (TPSA) is 24.9 Å². The zero-order chi connectivity index (χ0) is 13.3. The van der Waals surface area contributed by atoms with E-state index in [9.17, 15) is 0 Å². The van der Waals surface area contributed by atoms with Crippen LogP contribution < -0.4 is 5.32 Å². The van der Waals surface area contributed by atoms with Crippen LogP contribution in [0, 0.1) is 0 Å². The van der Waals surface area contributed by atoms with Crippen molar-refractivity contribution in [2.75, 3.05) is 25.1 Å². The number of hydrogen-bond donors (Lipinski definition) is 1. The van der Waals surface area contributed by atoms with Crippen molar-refractivity contribution in [1.29, 1.82) is 0 Å². The van der Waals surface area contributed by atoms with Crippen molar-refractivity contribution in [2.24, 2.45) is 0 Å². The Hall–Kier alpha value is -1.06. The monoisotopic (exact) mass is 274 g/mol. The number of benzene rings is 1. The van der Waals surface area contributed by atoms with Crippen molar-refractivity contribution in [3.63, 3.8) is 0 Å². The summed E-state index contributed by atoms with van der Waals surface area (Å²) in [6.45, 7) is 2.16. The maximum Gasteiger partial charge on any atom is 0.0734 e. The summed E-state index contributed by atoms with van der Waals surface area (Å²) in [7, 11) is 0. The third-order valence-corrected chi connectivity index (χ3v) is 3.94. The highest BCUT2D eigenvalue weighted by molar-refractivity contribution is 7.98. The van der Waals surface area contributed by atoms with Crippen LogP contribution in [0.2, 0.25) is 0 Å². The lowest BCUT2D eigenvalue weighted by Gasteiger charge is -2.07. The Kier molecular flexibility index (Phi) is 6.18. The average molecular weight is 274 g/mol. The van der Waals surface area contributed by atoms with Gasteiger partial charge in [0.1, 0.15) is 0 Å². The lowest BCUT2D eigenvalue weighted by molar-refractivity contribution is 0.643. The zero-order valence-electron chi connectivity index (χ0n) is 11.6. The third-order valence-electron chi connectivity index (χ3n) is 3.24. The van der Waals surface area contributed by atoms with E-state index in [0.29, 0.717) is 0 Å². The number of unbranched alkanes of at least 4 members (excludes halogenated alkanes) is 1. The first-order chi connectivity index (χ1) is 9.42. The lowest BCUT2D eigenvalue weighted by atomic mass is 10.1. The average Bonchev–Trinajstić information content (AvgIpc) is 2.46. The van der Waals surface area contributed by atoms with Crippen LogP contribution in [0.5, 0.6) is 0 Å². The molecule has 0 radical (unpaired) electrons.